The van der Waals surface area contributed by atoms with Gasteiger partial charge in [0.2, 0.25) is 0 Å². The van der Waals surface area contributed by atoms with Crippen molar-refractivity contribution in [1.29, 1.82) is 0 Å². The van der Waals surface area contributed by atoms with Crippen molar-refractivity contribution in [3.63, 3.8) is 0 Å². The van der Waals surface area contributed by atoms with E-state index in [0.717, 1.165) is 88.9 Å². The van der Waals surface area contributed by atoms with Gasteiger partial charge in [0.15, 0.2) is 5.78 Å². The summed E-state index contributed by atoms with van der Waals surface area (Å²) in [5, 5.41) is 0. The number of ketones is 4. The molecule has 42 heavy (non-hydrogen) atoms. The Balaban J connectivity index is 0.000000137. The minimum atomic E-state index is -0.0246. The molecule has 0 unspecified atom stereocenters. The molecule has 0 aromatic heterocycles. The van der Waals surface area contributed by atoms with Gasteiger partial charge in [-0.1, -0.05) is 33.3 Å². The number of fused-ring (bicyclic) bond motifs is 10. The summed E-state index contributed by atoms with van der Waals surface area (Å²) in [4.78, 5) is 48.3. The Morgan fingerprint density at radius 2 is 1.14 bits per heavy atom. The van der Waals surface area contributed by atoms with Crippen molar-refractivity contribution >= 4 is 23.1 Å². The Morgan fingerprint density at radius 3 is 1.81 bits per heavy atom. The number of hydrogen-bond acceptors (Lipinski definition) is 4. The Bertz CT molecular complexity index is 1230. The number of allylic oxidation sites excluding steroid dienone is 1. The maximum Gasteiger partial charge on any atom is 0.155 e. The molecule has 4 nitrogen and oxygen atoms in total. The molecule has 7 fully saturated rings. The lowest BCUT2D eigenvalue weighted by atomic mass is 9.45. The van der Waals surface area contributed by atoms with Crippen LogP contribution in [0.25, 0.3) is 0 Å². The molecule has 0 aliphatic heterocycles. The maximum atomic E-state index is 12.4. The Kier molecular flexibility index (Phi) is 6.91. The molecule has 0 N–H and O–H groups in total. The van der Waals surface area contributed by atoms with Crippen LogP contribution in [0.2, 0.25) is 0 Å². The second kappa shape index (κ2) is 9.96. The molecule has 0 bridgehead atoms. The average molecular weight is 575 g/mol. The first-order valence-corrected chi connectivity index (χ1v) is 17.7. The van der Waals surface area contributed by atoms with Crippen LogP contribution in [0, 0.1) is 63.1 Å². The molecule has 0 saturated heterocycles. The third-order valence-electron chi connectivity index (χ3n) is 15.9. The highest BCUT2D eigenvalue weighted by Crippen LogP contribution is 2.66. The largest absolute Gasteiger partial charge is 0.300 e. The van der Waals surface area contributed by atoms with Gasteiger partial charge in [-0.25, -0.2) is 0 Å². The van der Waals surface area contributed by atoms with E-state index in [1.807, 2.05) is 6.08 Å². The Labute approximate surface area is 253 Å². The summed E-state index contributed by atoms with van der Waals surface area (Å²) < 4.78 is 0. The van der Waals surface area contributed by atoms with E-state index in [9.17, 15) is 19.2 Å². The predicted octanol–water partition coefficient (Wildman–Crippen LogP) is 8.25. The fourth-order valence-electron chi connectivity index (χ4n) is 13.1. The lowest BCUT2D eigenvalue weighted by Crippen LogP contribution is -2.53. The van der Waals surface area contributed by atoms with Gasteiger partial charge in [-0.2, -0.15) is 0 Å². The van der Waals surface area contributed by atoms with Gasteiger partial charge in [-0.05, 0) is 135 Å². The summed E-state index contributed by atoms with van der Waals surface area (Å²) >= 11 is 0. The quantitative estimate of drug-likeness (QED) is 0.292. The molecule has 0 radical (unpaired) electrons. The molecule has 0 aromatic rings. The van der Waals surface area contributed by atoms with Gasteiger partial charge in [-0.3, -0.25) is 19.2 Å². The van der Waals surface area contributed by atoms with E-state index >= 15 is 0 Å². The molecule has 8 rings (SSSR count). The zero-order valence-electron chi connectivity index (χ0n) is 26.8. The van der Waals surface area contributed by atoms with E-state index in [0.29, 0.717) is 58.1 Å². The van der Waals surface area contributed by atoms with E-state index in [2.05, 4.69) is 27.7 Å². The molecule has 0 amide bonds. The Morgan fingerprint density at radius 1 is 0.548 bits per heavy atom. The number of Topliss-reactive ketones (excluding diaryl/α,β-unsaturated/α-hetero) is 3. The molecule has 0 aromatic carbocycles. The lowest BCUT2D eigenvalue weighted by Gasteiger charge is -2.59. The molecule has 8 aliphatic rings. The van der Waals surface area contributed by atoms with Gasteiger partial charge in [0, 0.05) is 42.9 Å². The van der Waals surface area contributed by atoms with Crippen LogP contribution in [-0.2, 0) is 19.2 Å². The minimum absolute atomic E-state index is 0.00511. The average Bonchev–Trinajstić information content (AvgIpc) is 3.44. The van der Waals surface area contributed by atoms with Gasteiger partial charge >= 0.3 is 0 Å². The standard InChI is InChI=1S/C19H28O2.C19H26O2/c2*1-18-9-7-13(20)11-12(18)3-4-14-15-5-6-17(21)19(15,2)10-8-16(14)18/h12,14-16H,3-11H2,1-2H3;11,14-16H,3-10H2,1-2H3/t12-,14-,15-,16-,18-,19-;14-,15-,16-,18-,19-/m00/s1. The predicted molar refractivity (Wildman–Crippen MR) is 163 cm³/mol. The van der Waals surface area contributed by atoms with Crippen molar-refractivity contribution in [3.05, 3.63) is 11.6 Å². The lowest BCUT2D eigenvalue weighted by molar-refractivity contribution is -0.144. The highest BCUT2D eigenvalue weighted by Gasteiger charge is 2.61. The highest BCUT2D eigenvalue weighted by molar-refractivity contribution is 5.92. The molecular formula is C38H54O4. The van der Waals surface area contributed by atoms with Crippen LogP contribution in [0.5, 0.6) is 0 Å². The van der Waals surface area contributed by atoms with Crippen molar-refractivity contribution in [2.24, 2.45) is 63.1 Å². The van der Waals surface area contributed by atoms with E-state index in [1.54, 1.807) is 0 Å². The van der Waals surface area contributed by atoms with Gasteiger partial charge in [0.05, 0.1) is 0 Å². The van der Waals surface area contributed by atoms with Gasteiger partial charge in [0.25, 0.3) is 0 Å². The molecule has 0 spiro atoms. The van der Waals surface area contributed by atoms with Crippen LogP contribution >= 0.6 is 0 Å². The second-order valence-corrected chi connectivity index (χ2v) is 17.2. The number of carbonyl (C=O) groups is 4. The van der Waals surface area contributed by atoms with Crippen molar-refractivity contribution in [3.8, 4) is 0 Å². The topological polar surface area (TPSA) is 68.3 Å². The van der Waals surface area contributed by atoms with Crippen LogP contribution in [-0.4, -0.2) is 23.1 Å². The highest BCUT2D eigenvalue weighted by atomic mass is 16.1. The molecule has 230 valence electrons. The molecule has 4 heteroatoms. The third kappa shape index (κ3) is 4.11. The first kappa shape index (κ1) is 29.1. The van der Waals surface area contributed by atoms with Gasteiger partial charge in [0.1, 0.15) is 17.3 Å². The van der Waals surface area contributed by atoms with Crippen LogP contribution in [0.1, 0.15) is 137 Å². The zero-order chi connectivity index (χ0) is 29.7. The summed E-state index contributed by atoms with van der Waals surface area (Å²) in [6, 6.07) is 0. The first-order chi connectivity index (χ1) is 19.9. The van der Waals surface area contributed by atoms with Gasteiger partial charge < -0.3 is 0 Å². The summed E-state index contributed by atoms with van der Waals surface area (Å²) in [5.74, 6) is 6.71. The second-order valence-electron chi connectivity index (χ2n) is 17.2. The number of carbonyl (C=O) groups excluding carboxylic acids is 4. The fraction of sp³-hybridized carbons (Fsp3) is 0.842. The van der Waals surface area contributed by atoms with Crippen molar-refractivity contribution in [2.45, 2.75) is 137 Å². The van der Waals surface area contributed by atoms with Crippen molar-refractivity contribution in [1.82, 2.24) is 0 Å². The Hall–Kier alpha value is -1.58. The van der Waals surface area contributed by atoms with Crippen LogP contribution in [0.4, 0.5) is 0 Å². The molecule has 11 atom stereocenters. The first-order valence-electron chi connectivity index (χ1n) is 17.7. The molecular weight excluding hydrogens is 520 g/mol. The summed E-state index contributed by atoms with van der Waals surface area (Å²) in [7, 11) is 0. The van der Waals surface area contributed by atoms with E-state index in [-0.39, 0.29) is 16.2 Å². The SMILES string of the molecule is C[C@]12CCC(=O)C=C1CC[C@@H]1[C@@H]2CC[C@]2(C)C(=O)CC[C@@H]12.C[C@]12CCC(=O)C[C@@H]1CC[C@@H]1[C@@H]2CC[C@]2(C)C(=O)CC[C@@H]12. The van der Waals surface area contributed by atoms with Crippen LogP contribution in [0.3, 0.4) is 0 Å². The number of hydrogen-bond donors (Lipinski definition) is 0. The smallest absolute Gasteiger partial charge is 0.155 e. The van der Waals surface area contributed by atoms with E-state index < -0.39 is 0 Å². The molecule has 8 aliphatic carbocycles. The maximum absolute atomic E-state index is 12.4. The van der Waals surface area contributed by atoms with Crippen molar-refractivity contribution in [2.75, 3.05) is 0 Å². The normalized spacial score (nSPS) is 51.1. The van der Waals surface area contributed by atoms with E-state index in [1.165, 1.54) is 37.7 Å². The van der Waals surface area contributed by atoms with Crippen LogP contribution in [0.15, 0.2) is 11.6 Å². The fourth-order valence-corrected chi connectivity index (χ4v) is 13.1. The summed E-state index contributed by atoms with van der Waals surface area (Å²) in [6.45, 7) is 9.37. The van der Waals surface area contributed by atoms with E-state index in [4.69, 9.17) is 0 Å². The monoisotopic (exact) mass is 574 g/mol. The third-order valence-corrected chi connectivity index (χ3v) is 15.9. The summed E-state index contributed by atoms with van der Waals surface area (Å²) in [5.41, 5.74) is 2.01. The van der Waals surface area contributed by atoms with Crippen LogP contribution < -0.4 is 0 Å². The molecule has 0 heterocycles. The number of rotatable bonds is 0. The summed E-state index contributed by atoms with van der Waals surface area (Å²) in [6.07, 6.45) is 19.7. The van der Waals surface area contributed by atoms with Crippen molar-refractivity contribution < 1.29 is 19.2 Å². The van der Waals surface area contributed by atoms with Gasteiger partial charge in [-0.15, -0.1) is 0 Å². The minimum Gasteiger partial charge on any atom is -0.300 e. The molecule has 7 saturated carbocycles. The zero-order valence-corrected chi connectivity index (χ0v) is 26.8.